The van der Waals surface area contributed by atoms with Crippen molar-refractivity contribution in [2.24, 2.45) is 16.2 Å². The second kappa shape index (κ2) is 30.8. The lowest BCUT2D eigenvalue weighted by atomic mass is 9.90. The van der Waals surface area contributed by atoms with E-state index >= 15 is 0 Å². The molecule has 0 aromatic heterocycles. The van der Waals surface area contributed by atoms with Gasteiger partial charge in [0.25, 0.3) is 0 Å². The number of aliphatic hydroxyl groups excluding tert-OH is 4. The fraction of sp³-hybridized carbons (Fsp3) is 1.00. The van der Waals surface area contributed by atoms with Crippen LogP contribution in [0.1, 0.15) is 138 Å². The summed E-state index contributed by atoms with van der Waals surface area (Å²) < 4.78 is 50.3. The van der Waals surface area contributed by atoms with Crippen molar-refractivity contribution in [1.82, 2.24) is 0 Å². The van der Waals surface area contributed by atoms with E-state index in [-0.39, 0.29) is 30.7 Å². The Morgan fingerprint density at radius 3 is 1.02 bits per heavy atom. The molecule has 0 heterocycles. The predicted octanol–water partition coefficient (Wildman–Crippen LogP) is 8.10. The summed E-state index contributed by atoms with van der Waals surface area (Å²) in [5.74, 6) is 0. The standard InChI is InChI=1S/2C14H30O2.C7H13F3O3/c2*1-4-6-7-8-9-10-11-16-13-14(3,5-2)12-15;1-6(2-11,3-12)4-13-5-7(8,9)10/h2*15H,4-13H2,1-3H3;11-12H,2-5H2,1H3. The minimum absolute atomic E-state index is 0.0395. The van der Waals surface area contributed by atoms with Gasteiger partial charge in [0.05, 0.1) is 46.2 Å². The highest BCUT2D eigenvalue weighted by Crippen LogP contribution is 2.22. The van der Waals surface area contributed by atoms with Crippen LogP contribution in [0.15, 0.2) is 0 Å². The molecule has 276 valence electrons. The molecule has 0 saturated carbocycles. The van der Waals surface area contributed by atoms with Crippen molar-refractivity contribution in [3.63, 3.8) is 0 Å². The Bertz CT molecular complexity index is 560. The molecule has 2 atom stereocenters. The minimum Gasteiger partial charge on any atom is -0.396 e. The molecule has 4 N–H and O–H groups in total. The van der Waals surface area contributed by atoms with Gasteiger partial charge in [0.2, 0.25) is 0 Å². The van der Waals surface area contributed by atoms with Crippen LogP contribution in [0, 0.1) is 16.2 Å². The SMILES string of the molecule is CC(CO)(CO)COCC(F)(F)F.CCCCCCCCOCC(C)(CC)CO.CCCCCCCCOCC(C)(CC)CO. The molecule has 0 fully saturated rings. The van der Waals surface area contributed by atoms with Crippen molar-refractivity contribution in [2.45, 2.75) is 145 Å². The summed E-state index contributed by atoms with van der Waals surface area (Å²) in [4.78, 5) is 0. The normalized spacial score (nSPS) is 14.5. The summed E-state index contributed by atoms with van der Waals surface area (Å²) >= 11 is 0. The monoisotopic (exact) mass is 663 g/mol. The van der Waals surface area contributed by atoms with Gasteiger partial charge in [-0.05, 0) is 25.7 Å². The first-order valence-corrected chi connectivity index (χ1v) is 17.4. The van der Waals surface area contributed by atoms with Crippen LogP contribution in [0.4, 0.5) is 13.2 Å². The van der Waals surface area contributed by atoms with Gasteiger partial charge in [0.1, 0.15) is 6.61 Å². The lowest BCUT2D eigenvalue weighted by Gasteiger charge is -2.25. The molecule has 0 aliphatic heterocycles. The van der Waals surface area contributed by atoms with Gasteiger partial charge in [-0.1, -0.05) is 113 Å². The fourth-order valence-electron chi connectivity index (χ4n) is 3.68. The highest BCUT2D eigenvalue weighted by Gasteiger charge is 2.30. The van der Waals surface area contributed by atoms with Crippen molar-refractivity contribution >= 4 is 0 Å². The Hall–Kier alpha value is -0.490. The summed E-state index contributed by atoms with van der Waals surface area (Å²) in [6, 6.07) is 0. The maximum atomic E-state index is 11.6. The fourth-order valence-corrected chi connectivity index (χ4v) is 3.68. The Balaban J connectivity index is -0.000000592. The maximum Gasteiger partial charge on any atom is 0.411 e. The quantitative estimate of drug-likeness (QED) is 0.0659. The molecule has 0 aliphatic rings. The molecule has 7 nitrogen and oxygen atoms in total. The van der Waals surface area contributed by atoms with Gasteiger partial charge < -0.3 is 34.6 Å². The summed E-state index contributed by atoms with van der Waals surface area (Å²) in [5, 5.41) is 35.8. The molecule has 10 heteroatoms. The number of aliphatic hydroxyl groups is 4. The van der Waals surface area contributed by atoms with Crippen LogP contribution in [0.5, 0.6) is 0 Å². The Labute approximate surface area is 274 Å². The third-order valence-corrected chi connectivity index (χ3v) is 8.14. The van der Waals surface area contributed by atoms with Crippen molar-refractivity contribution in [2.75, 3.05) is 66.1 Å². The van der Waals surface area contributed by atoms with E-state index in [1.54, 1.807) is 0 Å². The van der Waals surface area contributed by atoms with Crippen LogP contribution < -0.4 is 0 Å². The molecule has 0 radical (unpaired) electrons. The van der Waals surface area contributed by atoms with Gasteiger partial charge in [-0.15, -0.1) is 0 Å². The first-order chi connectivity index (χ1) is 21.2. The van der Waals surface area contributed by atoms with Crippen molar-refractivity contribution in [3.8, 4) is 0 Å². The van der Waals surface area contributed by atoms with E-state index in [9.17, 15) is 23.4 Å². The molecule has 0 aliphatic carbocycles. The smallest absolute Gasteiger partial charge is 0.396 e. The Morgan fingerprint density at radius 2 is 0.733 bits per heavy atom. The number of alkyl halides is 3. The van der Waals surface area contributed by atoms with E-state index in [4.69, 9.17) is 19.7 Å². The summed E-state index contributed by atoms with van der Waals surface area (Å²) in [7, 11) is 0. The Kier molecular flexibility index (Phi) is 33.5. The first-order valence-electron chi connectivity index (χ1n) is 17.4. The highest BCUT2D eigenvalue weighted by molar-refractivity contribution is 4.72. The predicted molar refractivity (Wildman–Crippen MR) is 179 cm³/mol. The molecular formula is C35H73F3O7. The second-order valence-electron chi connectivity index (χ2n) is 13.5. The Morgan fingerprint density at radius 1 is 0.422 bits per heavy atom. The van der Waals surface area contributed by atoms with Crippen LogP contribution in [-0.4, -0.2) is 92.7 Å². The van der Waals surface area contributed by atoms with E-state index in [2.05, 4.69) is 46.3 Å². The van der Waals surface area contributed by atoms with E-state index < -0.39 is 31.4 Å². The maximum absolute atomic E-state index is 11.6. The van der Waals surface area contributed by atoms with Gasteiger partial charge in [-0.25, -0.2) is 0 Å². The number of hydrogen-bond donors (Lipinski definition) is 4. The lowest BCUT2D eigenvalue weighted by Crippen LogP contribution is -2.33. The van der Waals surface area contributed by atoms with E-state index in [1.807, 2.05) is 0 Å². The summed E-state index contributed by atoms with van der Waals surface area (Å²) in [6.45, 7) is 15.3. The van der Waals surface area contributed by atoms with Gasteiger partial charge in [0, 0.05) is 29.5 Å². The van der Waals surface area contributed by atoms with Crippen LogP contribution in [-0.2, 0) is 14.2 Å². The van der Waals surface area contributed by atoms with Crippen molar-refractivity contribution < 1.29 is 47.8 Å². The largest absolute Gasteiger partial charge is 0.411 e. The number of hydrogen-bond acceptors (Lipinski definition) is 7. The number of ether oxygens (including phenoxy) is 3. The third kappa shape index (κ3) is 33.2. The van der Waals surface area contributed by atoms with Crippen molar-refractivity contribution in [3.05, 3.63) is 0 Å². The zero-order chi connectivity index (χ0) is 35.1. The molecule has 45 heavy (non-hydrogen) atoms. The van der Waals surface area contributed by atoms with Crippen LogP contribution in [0.25, 0.3) is 0 Å². The topological polar surface area (TPSA) is 109 Å². The van der Waals surface area contributed by atoms with E-state index in [1.165, 1.54) is 71.1 Å². The minimum atomic E-state index is -4.37. The molecule has 0 rings (SSSR count). The molecule has 0 aromatic carbocycles. The highest BCUT2D eigenvalue weighted by atomic mass is 19.4. The lowest BCUT2D eigenvalue weighted by molar-refractivity contribution is -0.183. The average molecular weight is 663 g/mol. The average Bonchev–Trinajstić information content (AvgIpc) is 3.03. The van der Waals surface area contributed by atoms with Crippen molar-refractivity contribution in [1.29, 1.82) is 0 Å². The first kappa shape index (κ1) is 48.9. The molecular weight excluding hydrogens is 589 g/mol. The summed E-state index contributed by atoms with van der Waals surface area (Å²) in [6.07, 6.45) is 13.2. The molecule has 2 unspecified atom stereocenters. The van der Waals surface area contributed by atoms with E-state index in [0.29, 0.717) is 13.2 Å². The summed E-state index contributed by atoms with van der Waals surface area (Å²) in [5.41, 5.74) is -1.09. The van der Waals surface area contributed by atoms with Crippen LogP contribution in [0.2, 0.25) is 0 Å². The number of unbranched alkanes of at least 4 members (excludes halogenated alkanes) is 10. The molecule has 0 saturated heterocycles. The number of halogens is 3. The zero-order valence-electron chi connectivity index (χ0n) is 30.1. The third-order valence-electron chi connectivity index (χ3n) is 8.14. The van der Waals surface area contributed by atoms with E-state index in [0.717, 1.165) is 38.9 Å². The van der Waals surface area contributed by atoms with Gasteiger partial charge in [0.15, 0.2) is 0 Å². The second-order valence-corrected chi connectivity index (χ2v) is 13.5. The zero-order valence-corrected chi connectivity index (χ0v) is 30.1. The molecule has 0 bridgehead atoms. The van der Waals surface area contributed by atoms with Crippen LogP contribution in [0.3, 0.4) is 0 Å². The van der Waals surface area contributed by atoms with Gasteiger partial charge >= 0.3 is 6.18 Å². The number of rotatable bonds is 27. The molecule has 0 amide bonds. The molecule has 0 spiro atoms. The van der Waals surface area contributed by atoms with Crippen LogP contribution >= 0.6 is 0 Å². The van der Waals surface area contributed by atoms with Gasteiger partial charge in [-0.2, -0.15) is 13.2 Å². The van der Waals surface area contributed by atoms with Gasteiger partial charge in [-0.3, -0.25) is 0 Å². The molecule has 0 aromatic rings.